The topological polar surface area (TPSA) is 53.8 Å². The Morgan fingerprint density at radius 3 is 2.53 bits per heavy atom. The number of aryl methyl sites for hydroxylation is 2. The van der Waals surface area contributed by atoms with Gasteiger partial charge >= 0.3 is 0 Å². The van der Waals surface area contributed by atoms with Gasteiger partial charge in [-0.15, -0.1) is 0 Å². The SMILES string of the molecule is Cc1ccc(CN(C(=O)CN(C)C(=O)c2ccco2)C2CCc3ccccc32)cc1. The number of furan rings is 1. The third-order valence-electron chi connectivity index (χ3n) is 5.72. The molecule has 0 bridgehead atoms. The van der Waals surface area contributed by atoms with Crippen molar-refractivity contribution >= 4 is 11.8 Å². The number of benzene rings is 2. The summed E-state index contributed by atoms with van der Waals surface area (Å²) in [5.41, 5.74) is 4.77. The van der Waals surface area contributed by atoms with Gasteiger partial charge in [-0.2, -0.15) is 0 Å². The molecule has 0 saturated heterocycles. The van der Waals surface area contributed by atoms with Crippen LogP contribution in [0.2, 0.25) is 0 Å². The highest BCUT2D eigenvalue weighted by atomic mass is 16.3. The van der Waals surface area contributed by atoms with E-state index >= 15 is 0 Å². The first-order chi connectivity index (χ1) is 14.5. The number of carbonyl (C=O) groups is 2. The van der Waals surface area contributed by atoms with Crippen LogP contribution in [0.25, 0.3) is 0 Å². The Balaban J connectivity index is 1.57. The van der Waals surface area contributed by atoms with E-state index in [-0.39, 0.29) is 30.2 Å². The first-order valence-electron chi connectivity index (χ1n) is 10.2. The lowest BCUT2D eigenvalue weighted by Crippen LogP contribution is -2.42. The number of amides is 2. The Bertz CT molecular complexity index is 1020. The number of hydrogen-bond donors (Lipinski definition) is 0. The van der Waals surface area contributed by atoms with Crippen LogP contribution in [-0.4, -0.2) is 35.2 Å². The van der Waals surface area contributed by atoms with Crippen molar-refractivity contribution in [3.05, 3.63) is 94.9 Å². The summed E-state index contributed by atoms with van der Waals surface area (Å²) in [4.78, 5) is 29.3. The molecular weight excluding hydrogens is 376 g/mol. The normalized spacial score (nSPS) is 14.9. The fourth-order valence-corrected chi connectivity index (χ4v) is 4.07. The molecule has 0 N–H and O–H groups in total. The molecule has 1 aliphatic carbocycles. The van der Waals surface area contributed by atoms with Gasteiger partial charge in [-0.25, -0.2) is 0 Å². The molecule has 5 heteroatoms. The average Bonchev–Trinajstić information content (AvgIpc) is 3.43. The van der Waals surface area contributed by atoms with Gasteiger partial charge in [-0.3, -0.25) is 9.59 Å². The lowest BCUT2D eigenvalue weighted by molar-refractivity contribution is -0.135. The van der Waals surface area contributed by atoms with Gasteiger partial charge in [-0.1, -0.05) is 54.1 Å². The number of fused-ring (bicyclic) bond motifs is 1. The number of carbonyl (C=O) groups excluding carboxylic acids is 2. The summed E-state index contributed by atoms with van der Waals surface area (Å²) in [6.07, 6.45) is 3.31. The molecule has 30 heavy (non-hydrogen) atoms. The van der Waals surface area contributed by atoms with Gasteiger partial charge in [0.25, 0.3) is 5.91 Å². The molecule has 1 heterocycles. The van der Waals surface area contributed by atoms with Gasteiger partial charge in [0.2, 0.25) is 5.91 Å². The van der Waals surface area contributed by atoms with Gasteiger partial charge < -0.3 is 14.2 Å². The molecule has 1 atom stereocenters. The second-order valence-corrected chi connectivity index (χ2v) is 7.90. The van der Waals surface area contributed by atoms with Crippen molar-refractivity contribution in [2.24, 2.45) is 0 Å². The second kappa shape index (κ2) is 8.57. The first kappa shape index (κ1) is 20.0. The molecule has 1 aromatic heterocycles. The standard InChI is InChI=1S/C25H26N2O3/c1-18-9-11-19(12-10-18)16-27(22-14-13-20-6-3-4-7-21(20)22)24(28)17-26(2)25(29)23-8-5-15-30-23/h3-12,15,22H,13-14,16-17H2,1-2H3. The minimum Gasteiger partial charge on any atom is -0.459 e. The van der Waals surface area contributed by atoms with Crippen molar-refractivity contribution < 1.29 is 14.0 Å². The van der Waals surface area contributed by atoms with Gasteiger partial charge in [0.05, 0.1) is 18.8 Å². The summed E-state index contributed by atoms with van der Waals surface area (Å²) < 4.78 is 5.20. The van der Waals surface area contributed by atoms with E-state index in [1.807, 2.05) is 17.0 Å². The van der Waals surface area contributed by atoms with Crippen LogP contribution in [0.4, 0.5) is 0 Å². The Hall–Kier alpha value is -3.34. The molecule has 0 radical (unpaired) electrons. The molecule has 0 aliphatic heterocycles. The van der Waals surface area contributed by atoms with E-state index in [1.165, 1.54) is 27.9 Å². The zero-order valence-corrected chi connectivity index (χ0v) is 17.4. The third kappa shape index (κ3) is 4.15. The zero-order chi connectivity index (χ0) is 21.1. The molecule has 1 unspecified atom stereocenters. The maximum Gasteiger partial charge on any atom is 0.289 e. The van der Waals surface area contributed by atoms with Crippen LogP contribution in [0.1, 0.15) is 45.3 Å². The quantitative estimate of drug-likeness (QED) is 0.615. The van der Waals surface area contributed by atoms with Crippen LogP contribution in [0.15, 0.2) is 71.3 Å². The number of rotatable bonds is 6. The van der Waals surface area contributed by atoms with E-state index in [4.69, 9.17) is 4.42 Å². The highest BCUT2D eigenvalue weighted by molar-refractivity contribution is 5.94. The van der Waals surface area contributed by atoms with Gasteiger partial charge in [0.1, 0.15) is 0 Å². The lowest BCUT2D eigenvalue weighted by Gasteiger charge is -2.31. The van der Waals surface area contributed by atoms with E-state index in [2.05, 4.69) is 43.3 Å². The zero-order valence-electron chi connectivity index (χ0n) is 17.4. The summed E-state index contributed by atoms with van der Waals surface area (Å²) in [5.74, 6) is -0.128. The van der Waals surface area contributed by atoms with Crippen LogP contribution in [-0.2, 0) is 17.8 Å². The lowest BCUT2D eigenvalue weighted by atomic mass is 10.1. The number of hydrogen-bond acceptors (Lipinski definition) is 3. The van der Waals surface area contributed by atoms with Crippen molar-refractivity contribution in [2.45, 2.75) is 32.4 Å². The van der Waals surface area contributed by atoms with Crippen molar-refractivity contribution in [1.29, 1.82) is 0 Å². The monoisotopic (exact) mass is 402 g/mol. The fourth-order valence-electron chi connectivity index (χ4n) is 4.07. The Morgan fingerprint density at radius 1 is 1.03 bits per heavy atom. The van der Waals surface area contributed by atoms with Gasteiger partial charge in [-0.05, 0) is 48.6 Å². The van der Waals surface area contributed by atoms with Gasteiger partial charge in [0, 0.05) is 13.6 Å². The van der Waals surface area contributed by atoms with E-state index in [9.17, 15) is 9.59 Å². The highest BCUT2D eigenvalue weighted by Crippen LogP contribution is 2.36. The Morgan fingerprint density at radius 2 is 1.80 bits per heavy atom. The molecule has 0 fully saturated rings. The van der Waals surface area contributed by atoms with Crippen LogP contribution >= 0.6 is 0 Å². The van der Waals surface area contributed by atoms with Crippen molar-refractivity contribution in [3.63, 3.8) is 0 Å². The number of nitrogens with zero attached hydrogens (tertiary/aromatic N) is 2. The Kier molecular flexibility index (Phi) is 5.70. The maximum absolute atomic E-state index is 13.4. The minimum atomic E-state index is -0.296. The van der Waals surface area contributed by atoms with E-state index in [1.54, 1.807) is 19.2 Å². The van der Waals surface area contributed by atoms with Crippen molar-refractivity contribution in [2.75, 3.05) is 13.6 Å². The molecule has 3 aromatic rings. The molecule has 154 valence electrons. The van der Waals surface area contributed by atoms with Crippen LogP contribution in [0, 0.1) is 6.92 Å². The highest BCUT2D eigenvalue weighted by Gasteiger charge is 2.32. The van der Waals surface area contributed by atoms with Crippen LogP contribution < -0.4 is 0 Å². The molecule has 5 nitrogen and oxygen atoms in total. The smallest absolute Gasteiger partial charge is 0.289 e. The number of likely N-dealkylation sites (N-methyl/N-ethyl adjacent to an activating group) is 1. The third-order valence-corrected chi connectivity index (χ3v) is 5.72. The minimum absolute atomic E-state index is 0.00403. The van der Waals surface area contributed by atoms with Crippen molar-refractivity contribution in [1.82, 2.24) is 9.80 Å². The largest absolute Gasteiger partial charge is 0.459 e. The van der Waals surface area contributed by atoms with E-state index in [0.29, 0.717) is 6.54 Å². The molecular formula is C25H26N2O3. The Labute approximate surface area is 176 Å². The first-order valence-corrected chi connectivity index (χ1v) is 10.2. The molecule has 2 aromatic carbocycles. The summed E-state index contributed by atoms with van der Waals surface area (Å²) in [7, 11) is 1.63. The second-order valence-electron chi connectivity index (χ2n) is 7.90. The molecule has 1 aliphatic rings. The molecule has 0 spiro atoms. The predicted octanol–water partition coefficient (Wildman–Crippen LogP) is 4.38. The maximum atomic E-state index is 13.4. The molecule has 2 amide bonds. The predicted molar refractivity (Wildman–Crippen MR) is 115 cm³/mol. The van der Waals surface area contributed by atoms with E-state index in [0.717, 1.165) is 18.4 Å². The molecule has 4 rings (SSSR count). The fraction of sp³-hybridized carbons (Fsp3) is 0.280. The summed E-state index contributed by atoms with van der Waals surface area (Å²) in [6.45, 7) is 2.57. The average molecular weight is 402 g/mol. The summed E-state index contributed by atoms with van der Waals surface area (Å²) in [5, 5.41) is 0. The van der Waals surface area contributed by atoms with Crippen molar-refractivity contribution in [3.8, 4) is 0 Å². The summed E-state index contributed by atoms with van der Waals surface area (Å²) >= 11 is 0. The van der Waals surface area contributed by atoms with Crippen LogP contribution in [0.5, 0.6) is 0 Å². The van der Waals surface area contributed by atoms with Gasteiger partial charge in [0.15, 0.2) is 5.76 Å². The summed E-state index contributed by atoms with van der Waals surface area (Å²) in [6, 6.07) is 19.9. The molecule has 0 saturated carbocycles. The van der Waals surface area contributed by atoms with E-state index < -0.39 is 0 Å². The van der Waals surface area contributed by atoms with Crippen LogP contribution in [0.3, 0.4) is 0 Å².